The molecule has 68 valence electrons. The Kier molecular flexibility index (Phi) is 3.23. The molecule has 0 spiro atoms. The standard InChI is InChI=1S/C10H6N2O2/c11-6-2-1-4-8-5-3-7-12-9(8)10(13)14/h3,5,7H,2H2,(H,13,14). The Morgan fingerprint density at radius 1 is 1.64 bits per heavy atom. The van der Waals surface area contributed by atoms with E-state index in [1.54, 1.807) is 12.1 Å². The van der Waals surface area contributed by atoms with Crippen molar-refractivity contribution in [3.05, 3.63) is 29.6 Å². The molecule has 0 aliphatic carbocycles. The van der Waals surface area contributed by atoms with Crippen LogP contribution in [0.2, 0.25) is 0 Å². The van der Waals surface area contributed by atoms with Gasteiger partial charge >= 0.3 is 5.97 Å². The van der Waals surface area contributed by atoms with Gasteiger partial charge < -0.3 is 5.11 Å². The third kappa shape index (κ3) is 2.33. The molecular formula is C10H6N2O2. The fourth-order valence-corrected chi connectivity index (χ4v) is 0.856. The normalized spacial score (nSPS) is 8.21. The van der Waals surface area contributed by atoms with E-state index in [1.165, 1.54) is 6.20 Å². The van der Waals surface area contributed by atoms with Crippen LogP contribution in [0.3, 0.4) is 0 Å². The van der Waals surface area contributed by atoms with Crippen molar-refractivity contribution < 1.29 is 9.90 Å². The number of hydrogen-bond acceptors (Lipinski definition) is 3. The van der Waals surface area contributed by atoms with E-state index in [0.29, 0.717) is 5.56 Å². The summed E-state index contributed by atoms with van der Waals surface area (Å²) in [6, 6.07) is 5.00. The summed E-state index contributed by atoms with van der Waals surface area (Å²) < 4.78 is 0. The van der Waals surface area contributed by atoms with E-state index in [2.05, 4.69) is 16.8 Å². The quantitative estimate of drug-likeness (QED) is 0.665. The predicted molar refractivity (Wildman–Crippen MR) is 48.3 cm³/mol. The van der Waals surface area contributed by atoms with Crippen LogP contribution in [0.1, 0.15) is 22.5 Å². The highest BCUT2D eigenvalue weighted by Crippen LogP contribution is 2.02. The van der Waals surface area contributed by atoms with E-state index >= 15 is 0 Å². The molecule has 0 atom stereocenters. The molecule has 1 aromatic rings. The van der Waals surface area contributed by atoms with Crippen LogP contribution in [0.15, 0.2) is 18.3 Å². The van der Waals surface area contributed by atoms with Crippen LogP contribution in [0.25, 0.3) is 0 Å². The SMILES string of the molecule is N#CCC#Cc1cccnc1C(=O)O. The van der Waals surface area contributed by atoms with Crippen molar-refractivity contribution in [1.29, 1.82) is 5.26 Å². The summed E-state index contributed by atoms with van der Waals surface area (Å²) in [5.41, 5.74) is 0.244. The Labute approximate surface area is 80.8 Å². The first-order valence-electron chi connectivity index (χ1n) is 3.80. The minimum atomic E-state index is -1.12. The zero-order valence-corrected chi connectivity index (χ0v) is 7.19. The largest absolute Gasteiger partial charge is 0.476 e. The average Bonchev–Trinajstić information content (AvgIpc) is 2.19. The lowest BCUT2D eigenvalue weighted by Gasteiger charge is -1.95. The minimum absolute atomic E-state index is 0.0773. The molecule has 1 aromatic heterocycles. The van der Waals surface area contributed by atoms with Gasteiger partial charge in [0.05, 0.1) is 18.1 Å². The molecule has 1 heterocycles. The molecule has 1 N–H and O–H groups in total. The second-order valence-electron chi connectivity index (χ2n) is 2.34. The number of pyridine rings is 1. The number of rotatable bonds is 1. The van der Waals surface area contributed by atoms with Crippen molar-refractivity contribution in [3.8, 4) is 17.9 Å². The van der Waals surface area contributed by atoms with Crippen molar-refractivity contribution in [2.75, 3.05) is 0 Å². The fourth-order valence-electron chi connectivity index (χ4n) is 0.856. The van der Waals surface area contributed by atoms with E-state index in [1.807, 2.05) is 6.07 Å². The number of aromatic nitrogens is 1. The average molecular weight is 186 g/mol. The van der Waals surface area contributed by atoms with Gasteiger partial charge in [-0.3, -0.25) is 0 Å². The Morgan fingerprint density at radius 3 is 3.07 bits per heavy atom. The Hall–Kier alpha value is -2.33. The van der Waals surface area contributed by atoms with Crippen LogP contribution >= 0.6 is 0 Å². The van der Waals surface area contributed by atoms with Crippen LogP contribution < -0.4 is 0 Å². The maximum Gasteiger partial charge on any atom is 0.355 e. The molecule has 0 unspecified atom stereocenters. The number of nitriles is 1. The van der Waals surface area contributed by atoms with E-state index < -0.39 is 5.97 Å². The van der Waals surface area contributed by atoms with Gasteiger partial charge in [-0.15, -0.1) is 0 Å². The minimum Gasteiger partial charge on any atom is -0.476 e. The Bertz CT molecular complexity index is 449. The summed E-state index contributed by atoms with van der Waals surface area (Å²) in [6.07, 6.45) is 1.47. The summed E-state index contributed by atoms with van der Waals surface area (Å²) in [6.45, 7) is 0. The number of carbonyl (C=O) groups is 1. The van der Waals surface area contributed by atoms with Gasteiger partial charge in [-0.05, 0) is 12.1 Å². The van der Waals surface area contributed by atoms with Crippen molar-refractivity contribution in [2.24, 2.45) is 0 Å². The molecule has 0 amide bonds. The predicted octanol–water partition coefficient (Wildman–Crippen LogP) is 1.04. The van der Waals surface area contributed by atoms with Gasteiger partial charge in [-0.1, -0.05) is 11.8 Å². The number of nitrogens with zero attached hydrogens (tertiary/aromatic N) is 2. The zero-order chi connectivity index (χ0) is 10.4. The lowest BCUT2D eigenvalue weighted by molar-refractivity contribution is 0.0690. The first-order chi connectivity index (χ1) is 6.75. The highest BCUT2D eigenvalue weighted by Gasteiger charge is 2.07. The molecule has 4 heteroatoms. The van der Waals surface area contributed by atoms with Crippen LogP contribution in [0.5, 0.6) is 0 Å². The third-order valence-corrected chi connectivity index (χ3v) is 1.40. The third-order valence-electron chi connectivity index (χ3n) is 1.40. The van der Waals surface area contributed by atoms with Gasteiger partial charge in [0.2, 0.25) is 0 Å². The maximum atomic E-state index is 10.7. The van der Waals surface area contributed by atoms with Gasteiger partial charge in [-0.2, -0.15) is 5.26 Å². The highest BCUT2D eigenvalue weighted by atomic mass is 16.4. The lowest BCUT2D eigenvalue weighted by atomic mass is 10.2. The van der Waals surface area contributed by atoms with E-state index in [-0.39, 0.29) is 12.1 Å². The molecule has 0 radical (unpaired) electrons. The molecular weight excluding hydrogens is 180 g/mol. The number of hydrogen-bond donors (Lipinski definition) is 1. The van der Waals surface area contributed by atoms with Crippen LogP contribution in [-0.4, -0.2) is 16.1 Å². The monoisotopic (exact) mass is 186 g/mol. The Balaban J connectivity index is 3.05. The van der Waals surface area contributed by atoms with Crippen LogP contribution in [0.4, 0.5) is 0 Å². The van der Waals surface area contributed by atoms with Gasteiger partial charge in [0.1, 0.15) is 0 Å². The number of carboxylic acids is 1. The maximum absolute atomic E-state index is 10.7. The van der Waals surface area contributed by atoms with Crippen molar-refractivity contribution in [1.82, 2.24) is 4.98 Å². The van der Waals surface area contributed by atoms with Crippen molar-refractivity contribution in [2.45, 2.75) is 6.42 Å². The molecule has 1 rings (SSSR count). The molecule has 0 bridgehead atoms. The Morgan fingerprint density at radius 2 is 2.43 bits per heavy atom. The molecule has 4 nitrogen and oxygen atoms in total. The molecule has 0 saturated carbocycles. The first kappa shape index (κ1) is 9.76. The second-order valence-corrected chi connectivity index (χ2v) is 2.34. The molecule has 0 saturated heterocycles. The zero-order valence-electron chi connectivity index (χ0n) is 7.19. The van der Waals surface area contributed by atoms with Gasteiger partial charge in [0.15, 0.2) is 5.69 Å². The van der Waals surface area contributed by atoms with E-state index in [4.69, 9.17) is 10.4 Å². The van der Waals surface area contributed by atoms with Crippen LogP contribution in [0, 0.1) is 23.2 Å². The molecule has 14 heavy (non-hydrogen) atoms. The van der Waals surface area contributed by atoms with Crippen LogP contribution in [-0.2, 0) is 0 Å². The first-order valence-corrected chi connectivity index (χ1v) is 3.80. The molecule has 0 aliphatic heterocycles. The summed E-state index contributed by atoms with van der Waals surface area (Å²) in [7, 11) is 0. The molecule has 0 aliphatic rings. The summed E-state index contributed by atoms with van der Waals surface area (Å²) in [5, 5.41) is 17.0. The lowest BCUT2D eigenvalue weighted by Crippen LogP contribution is -2.02. The van der Waals surface area contributed by atoms with Gasteiger partial charge in [0.25, 0.3) is 0 Å². The summed E-state index contributed by atoms with van der Waals surface area (Å²) >= 11 is 0. The number of aromatic carboxylic acids is 1. The van der Waals surface area contributed by atoms with E-state index in [0.717, 1.165) is 0 Å². The van der Waals surface area contributed by atoms with Crippen molar-refractivity contribution >= 4 is 5.97 Å². The van der Waals surface area contributed by atoms with E-state index in [9.17, 15) is 4.79 Å². The molecule has 0 fully saturated rings. The fraction of sp³-hybridized carbons (Fsp3) is 0.100. The summed E-state index contributed by atoms with van der Waals surface area (Å²) in [5.74, 6) is 3.99. The smallest absolute Gasteiger partial charge is 0.355 e. The number of carboxylic acid groups (broad SMARTS) is 1. The topological polar surface area (TPSA) is 74.0 Å². The van der Waals surface area contributed by atoms with Crippen molar-refractivity contribution in [3.63, 3.8) is 0 Å². The highest BCUT2D eigenvalue weighted by molar-refractivity contribution is 5.88. The van der Waals surface area contributed by atoms with Gasteiger partial charge in [0, 0.05) is 6.20 Å². The van der Waals surface area contributed by atoms with Gasteiger partial charge in [-0.25, -0.2) is 9.78 Å². The summed E-state index contributed by atoms with van der Waals surface area (Å²) in [4.78, 5) is 14.3. The second kappa shape index (κ2) is 4.64. The molecule has 0 aromatic carbocycles.